The molecule has 8 N–H and O–H groups in total. The van der Waals surface area contributed by atoms with E-state index in [2.05, 4.69) is 46.7 Å². The molecule has 1 aromatic carbocycles. The third-order valence-electron chi connectivity index (χ3n) is 20.9. The molecule has 28 nitrogen and oxygen atoms in total. The quantitative estimate of drug-likeness (QED) is 0.0394. The Morgan fingerprint density at radius 2 is 1.46 bits per heavy atom. The van der Waals surface area contributed by atoms with Gasteiger partial charge in [0.2, 0.25) is 17.7 Å². The van der Waals surface area contributed by atoms with Gasteiger partial charge in [0.25, 0.3) is 11.8 Å². The van der Waals surface area contributed by atoms with Crippen LogP contribution in [0.3, 0.4) is 0 Å². The van der Waals surface area contributed by atoms with Gasteiger partial charge in [0.15, 0.2) is 5.79 Å². The number of alkyl carbamates (subject to hydrolysis) is 1. The summed E-state index contributed by atoms with van der Waals surface area (Å²) in [5.74, 6) is -3.98. The molecule has 1 aromatic rings. The van der Waals surface area contributed by atoms with Crippen molar-refractivity contribution in [2.24, 2.45) is 23.5 Å². The van der Waals surface area contributed by atoms with Crippen LogP contribution in [-0.2, 0) is 92.2 Å². The van der Waals surface area contributed by atoms with Gasteiger partial charge in [-0.05, 0) is 98.5 Å². The van der Waals surface area contributed by atoms with Crippen LogP contribution >= 0.6 is 0 Å². The number of nitrogens with two attached hydrogens (primary N) is 1. The molecule has 0 radical (unpaired) electrons. The molecule has 0 saturated carbocycles. The highest BCUT2D eigenvalue weighted by molar-refractivity contribution is 6.12. The summed E-state index contributed by atoms with van der Waals surface area (Å²) in [5.41, 5.74) is 8.22. The number of ketones is 1. The van der Waals surface area contributed by atoms with Crippen LogP contribution in [0.2, 0.25) is 0 Å². The first kappa shape index (κ1) is 73.0. The third kappa shape index (κ3) is 18.1. The van der Waals surface area contributed by atoms with Gasteiger partial charge < -0.3 is 94.3 Å². The normalized spacial score (nSPS) is 34.4. The number of rotatable bonds is 26. The number of methoxy groups -OCH3 is 1. The second-order valence-electron chi connectivity index (χ2n) is 28.3. The fraction of sp³-hybridized carbons (Fsp3) is 0.714. The maximum absolute atomic E-state index is 14.5. The van der Waals surface area contributed by atoms with Gasteiger partial charge in [0.05, 0.1) is 100 Å². The zero-order valence-corrected chi connectivity index (χ0v) is 56.6. The van der Waals surface area contributed by atoms with Gasteiger partial charge in [-0.1, -0.05) is 46.1 Å². The highest BCUT2D eigenvalue weighted by Crippen LogP contribution is 2.54. The standard InChI is InChI=1S/C70H99N7O21/c1-37(2)59(76-56(80)20-24-88-26-27-89-25-23-77-57(81)17-18-58(77)82)67(84)75-49(8-7-22-72-68(71)85)66(83)74-42-11-9-41(10-12-42)36-90-69(86)73-35-44(79)32-54-60(87-6)48-31-43(78)30-46-14-16-51-61(93-46)65-64-63(95-51)62-55(96-64)34-70(97-62,98-65)21-19-47-29-39(4)50(91-47)15-13-45-28-38(3)40(5)52(92-45)33-53(48)94-54/h9-12,17-18,37-38,44-55,59-65,79H,4-5,7-8,13-16,19-36H2,1-3,6H3,(H,73,86)(H,74,83)(H,75,84)(H,76,80)(H3,71,72,85)/t38-,44+,45+,46-,47+,48+,49+,50+,51+,52-,53+,54-,55-,59+,60-,61+,62+,63+,64-,65+,70+/m1/s1. The monoisotopic (exact) mass is 1370 g/mol. The van der Waals surface area contributed by atoms with E-state index < -0.39 is 102 Å². The van der Waals surface area contributed by atoms with Gasteiger partial charge in [-0.3, -0.25) is 33.7 Å². The molecule has 11 aliphatic heterocycles. The molecule has 0 aliphatic carbocycles. The molecule has 98 heavy (non-hydrogen) atoms. The number of anilines is 1. The van der Waals surface area contributed by atoms with Gasteiger partial charge >= 0.3 is 12.1 Å². The van der Waals surface area contributed by atoms with E-state index in [0.29, 0.717) is 43.4 Å². The lowest BCUT2D eigenvalue weighted by Crippen LogP contribution is -2.61. The van der Waals surface area contributed by atoms with E-state index in [1.165, 1.54) is 12.2 Å². The van der Waals surface area contributed by atoms with E-state index >= 15 is 0 Å². The summed E-state index contributed by atoms with van der Waals surface area (Å²) in [4.78, 5) is 104. The van der Waals surface area contributed by atoms with E-state index in [1.807, 2.05) is 0 Å². The molecule has 10 saturated heterocycles. The maximum atomic E-state index is 14.5. The summed E-state index contributed by atoms with van der Waals surface area (Å²) in [6.45, 7) is 14.9. The van der Waals surface area contributed by atoms with Crippen molar-refractivity contribution in [3.63, 3.8) is 0 Å². The second-order valence-corrected chi connectivity index (χ2v) is 28.3. The number of carbonyl (C=O) groups excluding carboxylic acids is 8. The smallest absolute Gasteiger partial charge is 0.407 e. The zero-order valence-electron chi connectivity index (χ0n) is 56.6. The summed E-state index contributed by atoms with van der Waals surface area (Å²) in [5, 5.41) is 25.0. The minimum Gasteiger partial charge on any atom is -0.445 e. The number of urea groups is 1. The Bertz CT molecular complexity index is 3060. The fourth-order valence-corrected chi connectivity index (χ4v) is 15.7. The number of aliphatic hydroxyl groups excluding tert-OH is 1. The van der Waals surface area contributed by atoms with E-state index in [1.54, 1.807) is 45.2 Å². The summed E-state index contributed by atoms with van der Waals surface area (Å²) in [6.07, 6.45) is 3.08. The lowest BCUT2D eigenvalue weighted by Gasteiger charge is -2.47. The first-order valence-corrected chi connectivity index (χ1v) is 35.1. The molecular weight excluding hydrogens is 1270 g/mol. The molecule has 12 bridgehead atoms. The predicted molar refractivity (Wildman–Crippen MR) is 348 cm³/mol. The lowest BCUT2D eigenvalue weighted by molar-refractivity contribution is -0.292. The van der Waals surface area contributed by atoms with Crippen LogP contribution in [0.4, 0.5) is 15.3 Å². The van der Waals surface area contributed by atoms with E-state index in [4.69, 9.17) is 62.6 Å². The van der Waals surface area contributed by atoms with Crippen molar-refractivity contribution < 1.29 is 100 Å². The number of aliphatic hydroxyl groups is 1. The average Bonchev–Trinajstić information content (AvgIpc) is 1.55. The van der Waals surface area contributed by atoms with Gasteiger partial charge in [0, 0.05) is 88.9 Å². The molecule has 21 atom stereocenters. The number of carbonyl (C=O) groups is 8. The summed E-state index contributed by atoms with van der Waals surface area (Å²) in [6, 6.07) is 3.60. The molecule has 0 aromatic heterocycles. The van der Waals surface area contributed by atoms with Crippen molar-refractivity contribution in [2.75, 3.05) is 58.5 Å². The number of primary amides is 1. The average molecular weight is 1370 g/mol. The van der Waals surface area contributed by atoms with Crippen LogP contribution < -0.4 is 32.3 Å². The number of ether oxygens (including phenoxy) is 12. The Kier molecular flexibility index (Phi) is 24.6. The number of hydrogen-bond donors (Lipinski definition) is 7. The number of hydrogen-bond acceptors (Lipinski definition) is 21. The molecule has 12 rings (SSSR count). The van der Waals surface area contributed by atoms with Crippen molar-refractivity contribution in [1.82, 2.24) is 26.2 Å². The Balaban J connectivity index is 0.658. The third-order valence-corrected chi connectivity index (χ3v) is 20.9. The molecule has 0 unspecified atom stereocenters. The van der Waals surface area contributed by atoms with E-state index in [9.17, 15) is 43.5 Å². The van der Waals surface area contributed by atoms with Crippen molar-refractivity contribution in [1.29, 1.82) is 0 Å². The first-order valence-electron chi connectivity index (χ1n) is 35.1. The predicted octanol–water partition coefficient (Wildman–Crippen LogP) is 3.77. The molecule has 28 heteroatoms. The van der Waals surface area contributed by atoms with Gasteiger partial charge in [-0.15, -0.1) is 0 Å². The number of nitrogens with one attached hydrogen (secondary N) is 5. The number of imide groups is 1. The summed E-state index contributed by atoms with van der Waals surface area (Å²) < 4.78 is 77.3. The second kappa shape index (κ2) is 33.0. The molecule has 540 valence electrons. The van der Waals surface area contributed by atoms with Gasteiger partial charge in [0.1, 0.15) is 55.0 Å². The molecular formula is C70H99N7O21. The number of amides is 8. The molecule has 8 amide bonds. The molecule has 1 spiro atoms. The van der Waals surface area contributed by atoms with Gasteiger partial charge in [-0.25, -0.2) is 9.59 Å². The van der Waals surface area contributed by atoms with Crippen LogP contribution in [-0.4, -0.2) is 226 Å². The zero-order chi connectivity index (χ0) is 69.4. The molecule has 10 fully saturated rings. The lowest BCUT2D eigenvalue weighted by atomic mass is 9.81. The van der Waals surface area contributed by atoms with Crippen molar-refractivity contribution in [3.05, 3.63) is 66.3 Å². The molecule has 11 heterocycles. The van der Waals surface area contributed by atoms with Crippen LogP contribution in [0.15, 0.2) is 60.7 Å². The van der Waals surface area contributed by atoms with E-state index in [-0.39, 0.29) is 170 Å². The SMILES string of the molecule is C=C1C[C@@H]2CC[C@@]34C[C@H]5O[C@H]6[C@@H](O3)[C@H]3O[C@H](CC[C@@H]3O[C@H]6[C@H]5O4)CC(=O)C[C@@H]3[C@@H](OC)[C@@H](C[C@H](O)CNC(=O)OCc4ccc(NC(=O)[C@H](CCCNC(N)=O)NC(=O)[C@@H](NC(=O)CCOCCOCCN5C(=O)C=CC5=O)C(C)C)cc4)O[C@H]3C[C@H]3O[C@@H](CC[C@@H]1O2)C[C@@H](C)C3=C. The van der Waals surface area contributed by atoms with Crippen molar-refractivity contribution in [3.8, 4) is 0 Å². The number of Topliss-reactive ketones (excluding diaryl/α,β-unsaturated/α-hetero) is 1. The highest BCUT2D eigenvalue weighted by atomic mass is 16.8. The number of benzene rings is 1. The van der Waals surface area contributed by atoms with Crippen LogP contribution in [0, 0.1) is 17.8 Å². The number of nitrogens with zero attached hydrogens (tertiary/aromatic N) is 1. The fourth-order valence-electron chi connectivity index (χ4n) is 15.7. The minimum atomic E-state index is -1.11. The van der Waals surface area contributed by atoms with Crippen LogP contribution in [0.25, 0.3) is 0 Å². The highest BCUT2D eigenvalue weighted by Gasteiger charge is 2.69. The topological polar surface area (TPSA) is 357 Å². The van der Waals surface area contributed by atoms with Crippen LogP contribution in [0.1, 0.15) is 129 Å². The maximum Gasteiger partial charge on any atom is 0.407 e. The van der Waals surface area contributed by atoms with Crippen LogP contribution in [0.5, 0.6) is 0 Å². The first-order chi connectivity index (χ1) is 47.1. The summed E-state index contributed by atoms with van der Waals surface area (Å²) >= 11 is 0. The van der Waals surface area contributed by atoms with Gasteiger partial charge in [-0.2, -0.15) is 0 Å². The van der Waals surface area contributed by atoms with E-state index in [0.717, 1.165) is 48.2 Å². The Labute approximate surface area is 571 Å². The molecule has 11 aliphatic rings. The van der Waals surface area contributed by atoms with Crippen molar-refractivity contribution in [2.45, 2.75) is 246 Å². The van der Waals surface area contributed by atoms with Crippen molar-refractivity contribution >= 4 is 53.1 Å². The number of fused-ring (bicyclic) bond motifs is 6. The Morgan fingerprint density at radius 1 is 0.745 bits per heavy atom. The minimum absolute atomic E-state index is 0.00733. The Morgan fingerprint density at radius 3 is 2.21 bits per heavy atom. The summed E-state index contributed by atoms with van der Waals surface area (Å²) in [7, 11) is 1.58. The largest absolute Gasteiger partial charge is 0.445 e. The Hall–Kier alpha value is -6.28.